The summed E-state index contributed by atoms with van der Waals surface area (Å²) in [4.78, 5) is 14.2. The lowest BCUT2D eigenvalue weighted by molar-refractivity contribution is 0.0242. The highest BCUT2D eigenvalue weighted by molar-refractivity contribution is 5.68. The summed E-state index contributed by atoms with van der Waals surface area (Å²) in [6.07, 6.45) is 5.66. The highest BCUT2D eigenvalue weighted by atomic mass is 16.6. The SMILES string of the molecule is CC(C)CCC(C)NC1CCCCN(C(=O)OC(C)(C)C)C1. The van der Waals surface area contributed by atoms with Gasteiger partial charge in [0.15, 0.2) is 0 Å². The van der Waals surface area contributed by atoms with E-state index >= 15 is 0 Å². The molecule has 0 aromatic carbocycles. The maximum Gasteiger partial charge on any atom is 0.410 e. The van der Waals surface area contributed by atoms with Crippen LogP contribution in [-0.4, -0.2) is 41.8 Å². The summed E-state index contributed by atoms with van der Waals surface area (Å²) in [5.74, 6) is 0.747. The van der Waals surface area contributed by atoms with Crippen molar-refractivity contribution in [1.29, 1.82) is 0 Å². The second kappa shape index (κ2) is 8.76. The van der Waals surface area contributed by atoms with Crippen LogP contribution in [0.15, 0.2) is 0 Å². The molecule has 4 heteroatoms. The Kier molecular flexibility index (Phi) is 7.67. The third-order valence-corrected chi connectivity index (χ3v) is 4.02. The summed E-state index contributed by atoms with van der Waals surface area (Å²) >= 11 is 0. The monoisotopic (exact) mass is 312 g/mol. The first kappa shape index (κ1) is 19.3. The lowest BCUT2D eigenvalue weighted by Crippen LogP contribution is -2.46. The minimum atomic E-state index is -0.420. The first-order valence-corrected chi connectivity index (χ1v) is 8.91. The topological polar surface area (TPSA) is 41.6 Å². The average molecular weight is 312 g/mol. The number of carbonyl (C=O) groups excluding carboxylic acids is 1. The smallest absolute Gasteiger partial charge is 0.410 e. The number of nitrogens with zero attached hydrogens (tertiary/aromatic N) is 1. The average Bonchev–Trinajstić information content (AvgIpc) is 2.60. The molecule has 1 N–H and O–H groups in total. The highest BCUT2D eigenvalue weighted by Crippen LogP contribution is 2.16. The Morgan fingerprint density at radius 3 is 2.50 bits per heavy atom. The zero-order chi connectivity index (χ0) is 16.8. The van der Waals surface area contributed by atoms with Crippen LogP contribution in [0.3, 0.4) is 0 Å². The number of nitrogens with one attached hydrogen (secondary N) is 1. The molecule has 0 saturated carbocycles. The number of amides is 1. The van der Waals surface area contributed by atoms with Crippen LogP contribution in [0, 0.1) is 5.92 Å². The summed E-state index contributed by atoms with van der Waals surface area (Å²) in [7, 11) is 0. The number of hydrogen-bond acceptors (Lipinski definition) is 3. The van der Waals surface area contributed by atoms with Crippen molar-refractivity contribution in [2.24, 2.45) is 5.92 Å². The lowest BCUT2D eigenvalue weighted by atomic mass is 10.0. The highest BCUT2D eigenvalue weighted by Gasteiger charge is 2.26. The largest absolute Gasteiger partial charge is 0.444 e. The molecule has 1 rings (SSSR count). The molecule has 2 unspecified atom stereocenters. The maximum atomic E-state index is 12.3. The van der Waals surface area contributed by atoms with Crippen LogP contribution in [0.25, 0.3) is 0 Å². The molecule has 4 nitrogen and oxygen atoms in total. The van der Waals surface area contributed by atoms with Gasteiger partial charge in [-0.25, -0.2) is 4.79 Å². The van der Waals surface area contributed by atoms with Crippen molar-refractivity contribution in [3.8, 4) is 0 Å². The molecule has 0 aromatic rings. The van der Waals surface area contributed by atoms with E-state index < -0.39 is 5.60 Å². The molecule has 0 bridgehead atoms. The first-order valence-electron chi connectivity index (χ1n) is 8.91. The van der Waals surface area contributed by atoms with E-state index in [4.69, 9.17) is 4.74 Å². The van der Waals surface area contributed by atoms with Crippen molar-refractivity contribution >= 4 is 6.09 Å². The Balaban J connectivity index is 2.49. The Hall–Kier alpha value is -0.770. The van der Waals surface area contributed by atoms with Gasteiger partial charge >= 0.3 is 6.09 Å². The van der Waals surface area contributed by atoms with Crippen molar-refractivity contribution < 1.29 is 9.53 Å². The summed E-state index contributed by atoms with van der Waals surface area (Å²) in [5.41, 5.74) is -0.420. The summed E-state index contributed by atoms with van der Waals surface area (Å²) in [5, 5.41) is 3.71. The molecular weight excluding hydrogens is 276 g/mol. The third-order valence-electron chi connectivity index (χ3n) is 4.02. The van der Waals surface area contributed by atoms with Crippen molar-refractivity contribution in [2.75, 3.05) is 13.1 Å². The van der Waals surface area contributed by atoms with Crippen LogP contribution in [0.2, 0.25) is 0 Å². The molecule has 0 aliphatic carbocycles. The fraction of sp³-hybridized carbons (Fsp3) is 0.944. The predicted octanol–water partition coefficient (Wildman–Crippen LogP) is 4.19. The fourth-order valence-corrected chi connectivity index (χ4v) is 2.84. The molecule has 1 aliphatic rings. The van der Waals surface area contributed by atoms with E-state index in [0.717, 1.165) is 31.8 Å². The second-order valence-corrected chi connectivity index (χ2v) is 8.16. The van der Waals surface area contributed by atoms with Gasteiger partial charge in [-0.15, -0.1) is 0 Å². The van der Waals surface area contributed by atoms with E-state index in [1.54, 1.807) is 0 Å². The molecule has 130 valence electrons. The Labute approximate surface area is 137 Å². The quantitative estimate of drug-likeness (QED) is 0.827. The van der Waals surface area contributed by atoms with Gasteiger partial charge in [-0.05, 0) is 59.3 Å². The van der Waals surface area contributed by atoms with Crippen LogP contribution in [0.5, 0.6) is 0 Å². The predicted molar refractivity (Wildman–Crippen MR) is 92.1 cm³/mol. The van der Waals surface area contributed by atoms with E-state index in [-0.39, 0.29) is 6.09 Å². The summed E-state index contributed by atoms with van der Waals surface area (Å²) in [6.45, 7) is 14.1. The van der Waals surface area contributed by atoms with Gasteiger partial charge in [-0.3, -0.25) is 0 Å². The van der Waals surface area contributed by atoms with Crippen LogP contribution >= 0.6 is 0 Å². The molecule has 1 fully saturated rings. The van der Waals surface area contributed by atoms with Gasteiger partial charge in [0.05, 0.1) is 0 Å². The van der Waals surface area contributed by atoms with Crippen LogP contribution in [0.1, 0.15) is 73.6 Å². The van der Waals surface area contributed by atoms with Crippen molar-refractivity contribution in [2.45, 2.75) is 91.3 Å². The number of rotatable bonds is 5. The minimum Gasteiger partial charge on any atom is -0.444 e. The van der Waals surface area contributed by atoms with Gasteiger partial charge in [-0.2, -0.15) is 0 Å². The first-order chi connectivity index (χ1) is 10.2. The lowest BCUT2D eigenvalue weighted by Gasteiger charge is -2.30. The number of carbonyl (C=O) groups is 1. The Bertz CT molecular complexity index is 336. The van der Waals surface area contributed by atoms with Crippen LogP contribution in [-0.2, 0) is 4.74 Å². The Morgan fingerprint density at radius 1 is 1.23 bits per heavy atom. The zero-order valence-electron chi connectivity index (χ0n) is 15.4. The van der Waals surface area contributed by atoms with Crippen LogP contribution < -0.4 is 5.32 Å². The molecule has 2 atom stereocenters. The number of likely N-dealkylation sites (tertiary alicyclic amines) is 1. The van der Waals surface area contributed by atoms with E-state index in [1.807, 2.05) is 25.7 Å². The zero-order valence-corrected chi connectivity index (χ0v) is 15.4. The van der Waals surface area contributed by atoms with Crippen LogP contribution in [0.4, 0.5) is 4.79 Å². The fourth-order valence-electron chi connectivity index (χ4n) is 2.84. The normalized spacial score (nSPS) is 21.6. The standard InChI is InChI=1S/C18H36N2O2/c1-14(2)10-11-15(3)19-16-9-7-8-12-20(13-16)17(21)22-18(4,5)6/h14-16,19H,7-13H2,1-6H3. The maximum absolute atomic E-state index is 12.3. The minimum absolute atomic E-state index is 0.170. The summed E-state index contributed by atoms with van der Waals surface area (Å²) in [6, 6.07) is 0.892. The number of hydrogen-bond donors (Lipinski definition) is 1. The van der Waals surface area contributed by atoms with Gasteiger partial charge in [-0.1, -0.05) is 20.3 Å². The molecular formula is C18H36N2O2. The Morgan fingerprint density at radius 2 is 1.91 bits per heavy atom. The molecule has 0 spiro atoms. The van der Waals surface area contributed by atoms with Crippen molar-refractivity contribution in [3.05, 3.63) is 0 Å². The molecule has 1 aliphatic heterocycles. The van der Waals surface area contributed by atoms with Gasteiger partial charge in [0, 0.05) is 25.2 Å². The van der Waals surface area contributed by atoms with Crippen molar-refractivity contribution in [3.63, 3.8) is 0 Å². The molecule has 0 aromatic heterocycles. The van der Waals surface area contributed by atoms with Gasteiger partial charge in [0.1, 0.15) is 5.60 Å². The second-order valence-electron chi connectivity index (χ2n) is 8.16. The molecule has 22 heavy (non-hydrogen) atoms. The number of ether oxygens (including phenoxy) is 1. The summed E-state index contributed by atoms with van der Waals surface area (Å²) < 4.78 is 5.52. The van der Waals surface area contributed by atoms with Crippen molar-refractivity contribution in [1.82, 2.24) is 10.2 Å². The van der Waals surface area contributed by atoms with E-state index in [0.29, 0.717) is 12.1 Å². The van der Waals surface area contributed by atoms with E-state index in [2.05, 4.69) is 26.1 Å². The molecule has 1 saturated heterocycles. The van der Waals surface area contributed by atoms with E-state index in [1.165, 1.54) is 19.3 Å². The third kappa shape index (κ3) is 8.02. The van der Waals surface area contributed by atoms with Gasteiger partial charge < -0.3 is 15.0 Å². The molecule has 1 amide bonds. The van der Waals surface area contributed by atoms with E-state index in [9.17, 15) is 4.79 Å². The molecule has 0 radical (unpaired) electrons. The molecule has 1 heterocycles. The van der Waals surface area contributed by atoms with Gasteiger partial charge in [0.2, 0.25) is 0 Å². The van der Waals surface area contributed by atoms with Gasteiger partial charge in [0.25, 0.3) is 0 Å².